The number of carbonyl (C=O) groups excluding carboxylic acids is 3. The van der Waals surface area contributed by atoms with Crippen LogP contribution in [0.3, 0.4) is 0 Å². The van der Waals surface area contributed by atoms with Crippen molar-refractivity contribution in [3.63, 3.8) is 0 Å². The molecule has 2 aromatic carbocycles. The van der Waals surface area contributed by atoms with Gasteiger partial charge in [0.25, 0.3) is 5.91 Å². The normalized spacial score (nSPS) is 13.4. The number of hydrogen-bond donors (Lipinski definition) is 2. The minimum Gasteiger partial charge on any atom is -0.354 e. The van der Waals surface area contributed by atoms with Gasteiger partial charge in [0.1, 0.15) is 5.82 Å². The lowest BCUT2D eigenvalue weighted by Gasteiger charge is -2.15. The number of hydrogen-bond acceptors (Lipinski definition) is 3. The first-order chi connectivity index (χ1) is 13.9. The van der Waals surface area contributed by atoms with Crippen molar-refractivity contribution in [1.82, 2.24) is 10.6 Å². The molecule has 0 atom stereocenters. The maximum absolute atomic E-state index is 13.5. The summed E-state index contributed by atoms with van der Waals surface area (Å²) < 4.78 is 13.5. The first-order valence-electron chi connectivity index (χ1n) is 9.64. The number of nitrogens with zero attached hydrogens (tertiary/aromatic N) is 1. The summed E-state index contributed by atoms with van der Waals surface area (Å²) in [5.41, 5.74) is 2.42. The number of rotatable bonds is 7. The zero-order valence-electron chi connectivity index (χ0n) is 16.3. The lowest BCUT2D eigenvalue weighted by atomic mass is 10.1. The molecule has 29 heavy (non-hydrogen) atoms. The lowest BCUT2D eigenvalue weighted by Crippen LogP contribution is -2.35. The van der Waals surface area contributed by atoms with E-state index in [1.54, 1.807) is 24.0 Å². The van der Waals surface area contributed by atoms with E-state index in [0.717, 1.165) is 24.2 Å². The predicted octanol–water partition coefficient (Wildman–Crippen LogP) is 2.35. The van der Waals surface area contributed by atoms with Gasteiger partial charge in [-0.05, 0) is 48.7 Å². The number of aryl methyl sites for hydroxylation is 1. The van der Waals surface area contributed by atoms with Crippen molar-refractivity contribution in [3.8, 4) is 0 Å². The van der Waals surface area contributed by atoms with Crippen molar-refractivity contribution in [2.75, 3.05) is 24.5 Å². The van der Waals surface area contributed by atoms with Gasteiger partial charge in [-0.15, -0.1) is 0 Å². The van der Waals surface area contributed by atoms with Gasteiger partial charge in [0, 0.05) is 37.3 Å². The van der Waals surface area contributed by atoms with Gasteiger partial charge < -0.3 is 15.5 Å². The Morgan fingerprint density at radius 1 is 1.07 bits per heavy atom. The minimum atomic E-state index is -0.425. The largest absolute Gasteiger partial charge is 0.354 e. The molecule has 152 valence electrons. The summed E-state index contributed by atoms with van der Waals surface area (Å²) in [4.78, 5) is 37.6. The molecule has 1 aliphatic heterocycles. The maximum Gasteiger partial charge on any atom is 0.251 e. The SMILES string of the molecule is Cc1ccc(C(=O)NCCNC(=O)Cc2ccc(N3CCCC3=O)cc2)cc1F. The fourth-order valence-electron chi connectivity index (χ4n) is 3.18. The van der Waals surface area contributed by atoms with E-state index in [9.17, 15) is 18.8 Å². The van der Waals surface area contributed by atoms with Crippen molar-refractivity contribution in [2.24, 2.45) is 0 Å². The van der Waals surface area contributed by atoms with Gasteiger partial charge in [-0.2, -0.15) is 0 Å². The van der Waals surface area contributed by atoms with E-state index in [0.29, 0.717) is 12.0 Å². The smallest absolute Gasteiger partial charge is 0.251 e. The average Bonchev–Trinajstić information content (AvgIpc) is 3.13. The van der Waals surface area contributed by atoms with Crippen LogP contribution < -0.4 is 15.5 Å². The first kappa shape index (κ1) is 20.5. The van der Waals surface area contributed by atoms with Crippen molar-refractivity contribution >= 4 is 23.4 Å². The number of nitrogens with one attached hydrogen (secondary N) is 2. The van der Waals surface area contributed by atoms with Gasteiger partial charge in [-0.3, -0.25) is 14.4 Å². The highest BCUT2D eigenvalue weighted by atomic mass is 19.1. The maximum atomic E-state index is 13.5. The lowest BCUT2D eigenvalue weighted by molar-refractivity contribution is -0.120. The summed E-state index contributed by atoms with van der Waals surface area (Å²) in [7, 11) is 0. The second kappa shape index (κ2) is 9.32. The molecule has 1 aliphatic rings. The van der Waals surface area contributed by atoms with E-state index in [2.05, 4.69) is 10.6 Å². The van der Waals surface area contributed by atoms with E-state index in [1.807, 2.05) is 24.3 Å². The summed E-state index contributed by atoms with van der Waals surface area (Å²) in [6.45, 7) is 2.89. The molecule has 0 unspecified atom stereocenters. The van der Waals surface area contributed by atoms with Crippen LogP contribution in [0.4, 0.5) is 10.1 Å². The highest BCUT2D eigenvalue weighted by Crippen LogP contribution is 2.21. The molecule has 3 amide bonds. The second-order valence-electron chi connectivity index (χ2n) is 7.06. The molecular weight excluding hydrogens is 373 g/mol. The average molecular weight is 397 g/mol. The third kappa shape index (κ3) is 5.40. The molecular formula is C22H24FN3O3. The van der Waals surface area contributed by atoms with Crippen LogP contribution in [0.15, 0.2) is 42.5 Å². The van der Waals surface area contributed by atoms with Crippen molar-refractivity contribution < 1.29 is 18.8 Å². The second-order valence-corrected chi connectivity index (χ2v) is 7.06. The molecule has 3 rings (SSSR count). The first-order valence-corrected chi connectivity index (χ1v) is 9.64. The third-order valence-corrected chi connectivity index (χ3v) is 4.85. The number of anilines is 1. The van der Waals surface area contributed by atoms with Gasteiger partial charge in [-0.25, -0.2) is 4.39 Å². The molecule has 1 heterocycles. The van der Waals surface area contributed by atoms with Crippen LogP contribution >= 0.6 is 0 Å². The number of halogens is 1. The van der Waals surface area contributed by atoms with Crippen LogP contribution in [0, 0.1) is 12.7 Å². The quantitative estimate of drug-likeness (QED) is 0.704. The van der Waals surface area contributed by atoms with Gasteiger partial charge in [0.05, 0.1) is 6.42 Å². The van der Waals surface area contributed by atoms with Crippen LogP contribution in [0.1, 0.15) is 34.3 Å². The van der Waals surface area contributed by atoms with Crippen molar-refractivity contribution in [2.45, 2.75) is 26.2 Å². The Bertz CT molecular complexity index is 912. The molecule has 0 radical (unpaired) electrons. The number of carbonyl (C=O) groups is 3. The summed E-state index contributed by atoms with van der Waals surface area (Å²) in [6.07, 6.45) is 1.67. The van der Waals surface area contributed by atoms with Crippen LogP contribution in [-0.2, 0) is 16.0 Å². The Hall–Kier alpha value is -3.22. The van der Waals surface area contributed by atoms with Crippen LogP contribution in [0.2, 0.25) is 0 Å². The Balaban J connectivity index is 1.40. The molecule has 0 bridgehead atoms. The van der Waals surface area contributed by atoms with Gasteiger partial charge in [0.2, 0.25) is 11.8 Å². The fraction of sp³-hybridized carbons (Fsp3) is 0.318. The van der Waals surface area contributed by atoms with Crippen LogP contribution in [-0.4, -0.2) is 37.4 Å². The number of benzene rings is 2. The van der Waals surface area contributed by atoms with Crippen molar-refractivity contribution in [1.29, 1.82) is 0 Å². The summed E-state index contributed by atoms with van der Waals surface area (Å²) in [6, 6.07) is 11.7. The summed E-state index contributed by atoms with van der Waals surface area (Å²) in [5.74, 6) is -0.840. The highest BCUT2D eigenvalue weighted by molar-refractivity contribution is 5.95. The molecule has 0 aliphatic carbocycles. The monoisotopic (exact) mass is 397 g/mol. The Kier molecular flexibility index (Phi) is 6.59. The number of amides is 3. The Morgan fingerprint density at radius 3 is 2.45 bits per heavy atom. The van der Waals surface area contributed by atoms with Gasteiger partial charge in [-0.1, -0.05) is 18.2 Å². The molecule has 6 nitrogen and oxygen atoms in total. The van der Waals surface area contributed by atoms with Crippen LogP contribution in [0.25, 0.3) is 0 Å². The van der Waals surface area contributed by atoms with E-state index in [4.69, 9.17) is 0 Å². The van der Waals surface area contributed by atoms with Gasteiger partial charge >= 0.3 is 0 Å². The zero-order chi connectivity index (χ0) is 20.8. The molecule has 2 N–H and O–H groups in total. The minimum absolute atomic E-state index is 0.130. The van der Waals surface area contributed by atoms with Crippen LogP contribution in [0.5, 0.6) is 0 Å². The van der Waals surface area contributed by atoms with Gasteiger partial charge in [0.15, 0.2) is 0 Å². The Labute approximate surface area is 169 Å². The summed E-state index contributed by atoms with van der Waals surface area (Å²) in [5, 5.41) is 5.39. The fourth-order valence-corrected chi connectivity index (χ4v) is 3.18. The molecule has 1 fully saturated rings. The topological polar surface area (TPSA) is 78.5 Å². The van der Waals surface area contributed by atoms with Crippen molar-refractivity contribution in [3.05, 3.63) is 65.0 Å². The van der Waals surface area contributed by atoms with E-state index in [-0.39, 0.29) is 42.8 Å². The standard InChI is InChI=1S/C22H24FN3O3/c1-15-4-7-17(14-19(15)23)22(29)25-11-10-24-20(27)13-16-5-8-18(9-6-16)26-12-2-3-21(26)28/h4-9,14H,2-3,10-13H2,1H3,(H,24,27)(H,25,29). The van der Waals surface area contributed by atoms with E-state index < -0.39 is 5.82 Å². The molecule has 0 aromatic heterocycles. The molecule has 1 saturated heterocycles. The van der Waals surface area contributed by atoms with E-state index >= 15 is 0 Å². The highest BCUT2D eigenvalue weighted by Gasteiger charge is 2.21. The third-order valence-electron chi connectivity index (χ3n) is 4.85. The molecule has 0 spiro atoms. The summed E-state index contributed by atoms with van der Waals surface area (Å²) >= 11 is 0. The van der Waals surface area contributed by atoms with E-state index in [1.165, 1.54) is 6.07 Å². The predicted molar refractivity (Wildman–Crippen MR) is 108 cm³/mol. The molecule has 2 aromatic rings. The Morgan fingerprint density at radius 2 is 1.79 bits per heavy atom. The molecule has 0 saturated carbocycles. The molecule has 7 heteroatoms. The zero-order valence-corrected chi connectivity index (χ0v) is 16.3.